The van der Waals surface area contributed by atoms with Gasteiger partial charge in [0.15, 0.2) is 0 Å². The van der Waals surface area contributed by atoms with Gasteiger partial charge in [-0.05, 0) is 47.8 Å². The van der Waals surface area contributed by atoms with Gasteiger partial charge in [-0.2, -0.15) is 0 Å². The topological polar surface area (TPSA) is 31.4 Å². The van der Waals surface area contributed by atoms with E-state index < -0.39 is 0 Å². The predicted octanol–water partition coefficient (Wildman–Crippen LogP) is 2.63. The smallest absolute Gasteiger partial charge is 0.133 e. The first-order valence-corrected chi connectivity index (χ1v) is 8.91. The number of anilines is 1. The molecule has 0 aromatic carbocycles. The molecule has 1 saturated heterocycles. The van der Waals surface area contributed by atoms with Crippen LogP contribution in [0, 0.1) is 0 Å². The number of halogens is 1. The van der Waals surface area contributed by atoms with Gasteiger partial charge in [0.2, 0.25) is 0 Å². The molecule has 2 fully saturated rings. The second kappa shape index (κ2) is 7.07. The summed E-state index contributed by atoms with van der Waals surface area (Å²) in [6.07, 6.45) is 5.90. The van der Waals surface area contributed by atoms with Crippen LogP contribution in [0.3, 0.4) is 0 Å². The number of nitrogens with zero attached hydrogens (tertiary/aromatic N) is 3. The third-order valence-corrected chi connectivity index (χ3v) is 4.76. The predicted molar refractivity (Wildman–Crippen MR) is 90.7 cm³/mol. The van der Waals surface area contributed by atoms with Gasteiger partial charge in [-0.3, -0.25) is 4.90 Å². The van der Waals surface area contributed by atoms with Crippen molar-refractivity contribution in [3.63, 3.8) is 0 Å². The van der Waals surface area contributed by atoms with Gasteiger partial charge in [-0.1, -0.05) is 6.92 Å². The summed E-state index contributed by atoms with van der Waals surface area (Å²) in [5.41, 5.74) is 1.30. The van der Waals surface area contributed by atoms with Crippen LogP contribution in [-0.2, 0) is 6.54 Å². The zero-order valence-corrected chi connectivity index (χ0v) is 14.4. The molecule has 1 aliphatic carbocycles. The molecule has 1 aromatic heterocycles. The second-order valence-electron chi connectivity index (χ2n) is 6.07. The van der Waals surface area contributed by atoms with Crippen LogP contribution in [0.4, 0.5) is 5.82 Å². The molecule has 3 rings (SSSR count). The summed E-state index contributed by atoms with van der Waals surface area (Å²) >= 11 is 3.55. The Bertz CT molecular complexity index is 467. The monoisotopic (exact) mass is 352 g/mol. The van der Waals surface area contributed by atoms with Crippen molar-refractivity contribution in [2.75, 3.05) is 37.6 Å². The molecule has 0 atom stereocenters. The van der Waals surface area contributed by atoms with E-state index >= 15 is 0 Å². The van der Waals surface area contributed by atoms with Crippen LogP contribution < -0.4 is 10.2 Å². The maximum Gasteiger partial charge on any atom is 0.133 e. The number of hydrogen-bond donors (Lipinski definition) is 1. The van der Waals surface area contributed by atoms with Gasteiger partial charge in [0, 0.05) is 55.0 Å². The van der Waals surface area contributed by atoms with Gasteiger partial charge in [0.05, 0.1) is 0 Å². The summed E-state index contributed by atoms with van der Waals surface area (Å²) in [6.45, 7) is 8.73. The number of hydrogen-bond acceptors (Lipinski definition) is 4. The van der Waals surface area contributed by atoms with E-state index in [9.17, 15) is 0 Å². The Labute approximate surface area is 136 Å². The van der Waals surface area contributed by atoms with Gasteiger partial charge in [0.25, 0.3) is 0 Å². The summed E-state index contributed by atoms with van der Waals surface area (Å²) in [5, 5.41) is 3.50. The second-order valence-corrected chi connectivity index (χ2v) is 6.98. The lowest BCUT2D eigenvalue weighted by Gasteiger charge is -2.36. The van der Waals surface area contributed by atoms with Gasteiger partial charge in [-0.25, -0.2) is 4.98 Å². The van der Waals surface area contributed by atoms with Crippen molar-refractivity contribution in [3.8, 4) is 0 Å². The molecule has 0 unspecified atom stereocenters. The number of pyridine rings is 1. The van der Waals surface area contributed by atoms with Crippen molar-refractivity contribution in [3.05, 3.63) is 22.3 Å². The molecule has 1 N–H and O–H groups in total. The van der Waals surface area contributed by atoms with Gasteiger partial charge < -0.3 is 10.2 Å². The fourth-order valence-corrected chi connectivity index (χ4v) is 3.41. The molecule has 21 heavy (non-hydrogen) atoms. The maximum atomic E-state index is 4.69. The lowest BCUT2D eigenvalue weighted by Crippen LogP contribution is -2.47. The van der Waals surface area contributed by atoms with Crippen LogP contribution >= 0.6 is 15.9 Å². The number of nitrogens with one attached hydrogen (secondary N) is 1. The summed E-state index contributed by atoms with van der Waals surface area (Å²) < 4.78 is 1.07. The van der Waals surface area contributed by atoms with E-state index in [2.05, 4.69) is 49.0 Å². The van der Waals surface area contributed by atoms with Crippen molar-refractivity contribution in [1.29, 1.82) is 0 Å². The van der Waals surface area contributed by atoms with Crippen molar-refractivity contribution >= 4 is 21.7 Å². The molecule has 1 saturated carbocycles. The summed E-state index contributed by atoms with van der Waals surface area (Å²) in [5.74, 6) is 1.16. The molecule has 5 heteroatoms. The molecule has 1 aromatic rings. The highest BCUT2D eigenvalue weighted by Gasteiger charge is 2.31. The van der Waals surface area contributed by atoms with Crippen LogP contribution in [0.15, 0.2) is 16.7 Å². The van der Waals surface area contributed by atoms with E-state index in [1.54, 1.807) is 0 Å². The van der Waals surface area contributed by atoms with E-state index in [0.717, 1.165) is 48.9 Å². The minimum Gasteiger partial charge on any atom is -0.354 e. The summed E-state index contributed by atoms with van der Waals surface area (Å²) in [6, 6.07) is 3.09. The Morgan fingerprint density at radius 3 is 2.71 bits per heavy atom. The van der Waals surface area contributed by atoms with Crippen LogP contribution in [0.1, 0.15) is 31.7 Å². The Balaban J connectivity index is 1.65. The third-order valence-electron chi connectivity index (χ3n) is 4.33. The SMILES string of the molecule is CCCNCc1cc(Br)cnc1N1CCN(C2CC2)CC1. The van der Waals surface area contributed by atoms with Crippen molar-refractivity contribution in [1.82, 2.24) is 15.2 Å². The molecule has 0 bridgehead atoms. The Kier molecular flexibility index (Phi) is 5.14. The van der Waals surface area contributed by atoms with Gasteiger partial charge in [0.1, 0.15) is 5.82 Å². The maximum absolute atomic E-state index is 4.69. The lowest BCUT2D eigenvalue weighted by atomic mass is 10.2. The Morgan fingerprint density at radius 1 is 1.29 bits per heavy atom. The average Bonchev–Trinajstić information content (AvgIpc) is 3.33. The molecule has 116 valence electrons. The van der Waals surface area contributed by atoms with Gasteiger partial charge in [-0.15, -0.1) is 0 Å². The first-order valence-electron chi connectivity index (χ1n) is 8.12. The highest BCUT2D eigenvalue weighted by Crippen LogP contribution is 2.29. The number of aromatic nitrogens is 1. The molecule has 2 heterocycles. The van der Waals surface area contributed by atoms with E-state index in [4.69, 9.17) is 0 Å². The minimum absolute atomic E-state index is 0.885. The normalized spacial score (nSPS) is 20.0. The van der Waals surface area contributed by atoms with Crippen molar-refractivity contribution in [2.24, 2.45) is 0 Å². The lowest BCUT2D eigenvalue weighted by molar-refractivity contribution is 0.247. The zero-order valence-electron chi connectivity index (χ0n) is 12.8. The Hall–Kier alpha value is -0.650. The molecule has 2 aliphatic rings. The summed E-state index contributed by atoms with van der Waals surface area (Å²) in [7, 11) is 0. The number of rotatable bonds is 6. The first-order chi connectivity index (χ1) is 10.3. The average molecular weight is 353 g/mol. The standard InChI is InChI=1S/C16H25BrN4/c1-2-5-18-11-13-10-14(17)12-19-16(13)21-8-6-20(7-9-21)15-3-4-15/h10,12,15,18H,2-9,11H2,1H3. The molecule has 0 radical (unpaired) electrons. The summed E-state index contributed by atoms with van der Waals surface area (Å²) in [4.78, 5) is 9.78. The van der Waals surface area contributed by atoms with Crippen molar-refractivity contribution in [2.45, 2.75) is 38.8 Å². The highest BCUT2D eigenvalue weighted by atomic mass is 79.9. The molecular formula is C16H25BrN4. The number of piperazine rings is 1. The van der Waals surface area contributed by atoms with Crippen molar-refractivity contribution < 1.29 is 0 Å². The van der Waals surface area contributed by atoms with E-state index in [1.807, 2.05) is 6.20 Å². The first kappa shape index (κ1) is 15.3. The van der Waals surface area contributed by atoms with Crippen LogP contribution in [0.2, 0.25) is 0 Å². The fraction of sp³-hybridized carbons (Fsp3) is 0.688. The zero-order chi connectivity index (χ0) is 14.7. The van der Waals surface area contributed by atoms with E-state index in [-0.39, 0.29) is 0 Å². The molecule has 1 aliphatic heterocycles. The molecule has 0 spiro atoms. The minimum atomic E-state index is 0.885. The molecular weight excluding hydrogens is 328 g/mol. The van der Waals surface area contributed by atoms with E-state index in [0.29, 0.717) is 0 Å². The van der Waals surface area contributed by atoms with Crippen LogP contribution in [0.5, 0.6) is 0 Å². The largest absolute Gasteiger partial charge is 0.354 e. The van der Waals surface area contributed by atoms with Gasteiger partial charge >= 0.3 is 0 Å². The molecule has 4 nitrogen and oxygen atoms in total. The third kappa shape index (κ3) is 3.96. The van der Waals surface area contributed by atoms with E-state index in [1.165, 1.54) is 31.5 Å². The van der Waals surface area contributed by atoms with Crippen LogP contribution in [0.25, 0.3) is 0 Å². The fourth-order valence-electron chi connectivity index (χ4n) is 3.03. The quantitative estimate of drug-likeness (QED) is 0.797. The Morgan fingerprint density at radius 2 is 2.05 bits per heavy atom. The highest BCUT2D eigenvalue weighted by molar-refractivity contribution is 9.10. The molecule has 0 amide bonds. The van der Waals surface area contributed by atoms with Crippen LogP contribution in [-0.4, -0.2) is 48.6 Å².